The molecule has 0 saturated carbocycles. The molecule has 0 fully saturated rings. The Morgan fingerprint density at radius 2 is 1.14 bits per heavy atom. The molecule has 0 aliphatic carbocycles. The first kappa shape index (κ1) is 25.2. The minimum absolute atomic E-state index is 0.514. The molecule has 8 bridgehead atoms. The van der Waals surface area contributed by atoms with Crippen molar-refractivity contribution in [3.63, 3.8) is 0 Å². The molecule has 42 heavy (non-hydrogen) atoms. The van der Waals surface area contributed by atoms with E-state index in [1.54, 1.807) is 12.2 Å². The predicted molar refractivity (Wildman–Crippen MR) is 174 cm³/mol. The number of nitrogens with zero attached hydrogens (tertiary/aromatic N) is 4. The van der Waals surface area contributed by atoms with Gasteiger partial charge in [0.15, 0.2) is 11.7 Å². The molecule has 2 aliphatic rings. The van der Waals surface area contributed by atoms with E-state index in [1.807, 2.05) is 62.4 Å². The summed E-state index contributed by atoms with van der Waals surface area (Å²) >= 11 is 0. The lowest BCUT2D eigenvalue weighted by molar-refractivity contribution is 1.11. The van der Waals surface area contributed by atoms with Gasteiger partial charge in [-0.25, -0.2) is 20.0 Å². The lowest BCUT2D eigenvalue weighted by atomic mass is 10.1. The van der Waals surface area contributed by atoms with Crippen molar-refractivity contribution < 1.29 is 0 Å². The largest absolute Gasteiger partial charge is 0.327 e. The van der Waals surface area contributed by atoms with Gasteiger partial charge in [-0.1, -0.05) is 98.1 Å². The van der Waals surface area contributed by atoms with Crippen molar-refractivity contribution in [3.8, 4) is 0 Å². The van der Waals surface area contributed by atoms with Crippen LogP contribution in [0.1, 0.15) is 25.0 Å². The summed E-state index contributed by atoms with van der Waals surface area (Å²) in [5.74, 6) is 4.09. The van der Waals surface area contributed by atoms with Crippen LogP contribution in [0.2, 0.25) is 0 Å². The Hall–Kier alpha value is -5.76. The van der Waals surface area contributed by atoms with E-state index in [2.05, 4.69) is 57.7 Å². The summed E-state index contributed by atoms with van der Waals surface area (Å²) in [7, 11) is 0. The number of aromatic amines is 3. The van der Waals surface area contributed by atoms with E-state index in [1.165, 1.54) is 0 Å². The highest BCUT2D eigenvalue weighted by atomic mass is 15.1. The summed E-state index contributed by atoms with van der Waals surface area (Å²) in [6.45, 7) is 12.1. The van der Waals surface area contributed by atoms with E-state index >= 15 is 0 Å². The molecule has 8 nitrogen and oxygen atoms in total. The fraction of sp³-hybridized carbons (Fsp3) is 0.0588. The third kappa shape index (κ3) is 3.92. The maximum Gasteiger partial charge on any atom is 0.164 e. The molecule has 0 atom stereocenters. The maximum absolute atomic E-state index is 5.07. The van der Waals surface area contributed by atoms with Crippen LogP contribution in [0.5, 0.6) is 0 Å². The minimum Gasteiger partial charge on any atom is -0.327 e. The topological polar surface area (TPSA) is 109 Å². The number of hydrogen-bond donors (Lipinski definition) is 4. The number of allylic oxidation sites excluding steroid dienone is 2. The number of H-pyrrole nitrogens is 3. The van der Waals surface area contributed by atoms with E-state index < -0.39 is 0 Å². The van der Waals surface area contributed by atoms with Crippen molar-refractivity contribution in [3.05, 3.63) is 119 Å². The molecule has 5 aromatic rings. The van der Waals surface area contributed by atoms with Crippen LogP contribution in [0, 0.1) is 0 Å². The lowest BCUT2D eigenvalue weighted by Gasteiger charge is -2.03. The molecule has 0 unspecified atom stereocenters. The molecule has 4 N–H and O–H groups in total. The molecule has 204 valence electrons. The van der Waals surface area contributed by atoms with Gasteiger partial charge in [-0.15, -0.1) is 0 Å². The van der Waals surface area contributed by atoms with E-state index in [9.17, 15) is 0 Å². The second-order valence-corrected chi connectivity index (χ2v) is 9.89. The lowest BCUT2D eigenvalue weighted by Crippen LogP contribution is -2.14. The molecule has 3 aromatic heterocycles. The molecule has 5 heterocycles. The predicted octanol–water partition coefficient (Wildman–Crippen LogP) is 7.48. The second kappa shape index (κ2) is 10.0. The molecule has 0 amide bonds. The van der Waals surface area contributed by atoms with Crippen LogP contribution in [0.25, 0.3) is 33.7 Å². The van der Waals surface area contributed by atoms with Gasteiger partial charge in [-0.3, -0.25) is 0 Å². The highest BCUT2D eigenvalue weighted by Gasteiger charge is 2.23. The summed E-state index contributed by atoms with van der Waals surface area (Å²) in [5, 5.41) is 7.56. The van der Waals surface area contributed by atoms with Gasteiger partial charge in [0.1, 0.15) is 34.2 Å². The van der Waals surface area contributed by atoms with Crippen molar-refractivity contribution >= 4 is 68.6 Å². The zero-order chi connectivity index (χ0) is 28.8. The summed E-state index contributed by atoms with van der Waals surface area (Å²) in [6, 6.07) is 16.3. The van der Waals surface area contributed by atoms with Gasteiger partial charge in [-0.2, -0.15) is 0 Å². The van der Waals surface area contributed by atoms with Gasteiger partial charge >= 0.3 is 0 Å². The number of fused-ring (bicyclic) bond motifs is 13. The standard InChI is InChI=1S/C34H28N8/c1-5-13-21-19(7-3)28-36-29(21)35-27-20(8-4)22(14-6-2)30(37-27)39-32-25-17-11-12-18-26(25)34(41-32)42-33-24-16-10-9-15-23(24)31(38-28)40-33/h5-18,40-42H,3-4H2,1-2H3,(H,35,36,37,38,39)/b13-5-,14-6-. The minimum atomic E-state index is 0.514. The molecular weight excluding hydrogens is 520 g/mol. The Kier molecular flexibility index (Phi) is 6.01. The fourth-order valence-electron chi connectivity index (χ4n) is 5.53. The van der Waals surface area contributed by atoms with Crippen LogP contribution >= 0.6 is 0 Å². The van der Waals surface area contributed by atoms with Gasteiger partial charge < -0.3 is 20.3 Å². The Morgan fingerprint density at radius 3 is 1.74 bits per heavy atom. The van der Waals surface area contributed by atoms with Gasteiger partial charge in [0.25, 0.3) is 0 Å². The Labute approximate surface area is 241 Å². The average molecular weight is 549 g/mol. The van der Waals surface area contributed by atoms with Crippen molar-refractivity contribution in [2.24, 2.45) is 20.0 Å². The second-order valence-electron chi connectivity index (χ2n) is 9.89. The van der Waals surface area contributed by atoms with Gasteiger partial charge in [0.2, 0.25) is 0 Å². The monoisotopic (exact) mass is 548 g/mol. The van der Waals surface area contributed by atoms with E-state index in [-0.39, 0.29) is 0 Å². The Morgan fingerprint density at radius 1 is 0.571 bits per heavy atom. The third-order valence-corrected chi connectivity index (χ3v) is 7.39. The van der Waals surface area contributed by atoms with E-state index in [4.69, 9.17) is 20.0 Å². The molecular formula is C34H28N8. The average Bonchev–Trinajstić information content (AvgIpc) is 3.72. The fourth-order valence-corrected chi connectivity index (χ4v) is 5.53. The first-order chi connectivity index (χ1) is 20.6. The van der Waals surface area contributed by atoms with E-state index in [0.29, 0.717) is 34.3 Å². The first-order valence-electron chi connectivity index (χ1n) is 13.7. The molecule has 0 spiro atoms. The van der Waals surface area contributed by atoms with Gasteiger partial charge in [0, 0.05) is 43.8 Å². The van der Waals surface area contributed by atoms with Crippen LogP contribution < -0.4 is 16.3 Å². The number of anilines is 2. The number of benzene rings is 2. The quantitative estimate of drug-likeness (QED) is 0.183. The molecule has 2 aromatic carbocycles. The van der Waals surface area contributed by atoms with Crippen LogP contribution in [-0.2, 0) is 0 Å². The Bertz CT molecular complexity index is 2220. The molecule has 2 aliphatic heterocycles. The van der Waals surface area contributed by atoms with Crippen molar-refractivity contribution in [2.75, 3.05) is 5.32 Å². The summed E-state index contributed by atoms with van der Waals surface area (Å²) in [6.07, 6.45) is 11.5. The highest BCUT2D eigenvalue weighted by Crippen LogP contribution is 2.38. The summed E-state index contributed by atoms with van der Waals surface area (Å²) < 4.78 is 0. The highest BCUT2D eigenvalue weighted by molar-refractivity contribution is 6.24. The van der Waals surface area contributed by atoms with Crippen molar-refractivity contribution in [1.82, 2.24) is 15.0 Å². The number of hydrogen-bond acceptors (Lipinski definition) is 5. The van der Waals surface area contributed by atoms with Crippen LogP contribution in [0.3, 0.4) is 0 Å². The maximum atomic E-state index is 5.07. The third-order valence-electron chi connectivity index (χ3n) is 7.39. The van der Waals surface area contributed by atoms with Gasteiger partial charge in [-0.05, 0) is 13.8 Å². The van der Waals surface area contributed by atoms with E-state index in [0.717, 1.165) is 55.5 Å². The SMILES string of the molecule is C=CC1=C(/C=C\C)C2=Nc3[nH]c(c4ccccc34)Nc3[nH]c(c4ccccc34)N=c3[nH]c(c(/C=C\C)c3C=C)=NC1=N2. The summed E-state index contributed by atoms with van der Waals surface area (Å²) in [4.78, 5) is 30.5. The Balaban J connectivity index is 1.63. The van der Waals surface area contributed by atoms with Crippen LogP contribution in [0.15, 0.2) is 117 Å². The number of rotatable bonds is 4. The molecule has 0 saturated heterocycles. The number of aliphatic imine (C=N–C) groups is 2. The van der Waals surface area contributed by atoms with Crippen molar-refractivity contribution in [1.29, 1.82) is 0 Å². The van der Waals surface area contributed by atoms with Crippen molar-refractivity contribution in [2.45, 2.75) is 13.8 Å². The smallest absolute Gasteiger partial charge is 0.164 e. The summed E-state index contributed by atoms with van der Waals surface area (Å²) in [5.41, 5.74) is 4.61. The number of aromatic nitrogens is 3. The molecule has 7 rings (SSSR count). The van der Waals surface area contributed by atoms with Crippen LogP contribution in [0.4, 0.5) is 23.3 Å². The van der Waals surface area contributed by atoms with Crippen LogP contribution in [-0.4, -0.2) is 26.6 Å². The normalized spacial score (nSPS) is 14.7. The first-order valence-corrected chi connectivity index (χ1v) is 13.7. The zero-order valence-electron chi connectivity index (χ0n) is 23.3. The molecule has 0 radical (unpaired) electrons. The number of nitrogens with one attached hydrogen (secondary N) is 4. The number of amidine groups is 2. The van der Waals surface area contributed by atoms with Gasteiger partial charge in [0.05, 0.1) is 0 Å². The zero-order valence-corrected chi connectivity index (χ0v) is 23.3. The molecule has 8 heteroatoms.